The fraction of sp³-hybridized carbons (Fsp3) is 0.706. The molecule has 0 saturated carbocycles. The van der Waals surface area contributed by atoms with E-state index in [-0.39, 0.29) is 29.9 Å². The van der Waals surface area contributed by atoms with Crippen LogP contribution >= 0.6 is 35.3 Å². The van der Waals surface area contributed by atoms with Gasteiger partial charge >= 0.3 is 0 Å². The van der Waals surface area contributed by atoms with Gasteiger partial charge in [0.15, 0.2) is 5.96 Å². The summed E-state index contributed by atoms with van der Waals surface area (Å²) in [5, 5.41) is 7.78. The number of aromatic nitrogens is 1. The smallest absolute Gasteiger partial charge is 0.219 e. The van der Waals surface area contributed by atoms with Crippen LogP contribution in [0, 0.1) is 13.8 Å². The number of hydrogen-bond donors (Lipinski definition) is 2. The molecule has 2 heterocycles. The normalized spacial score (nSPS) is 15.5. The van der Waals surface area contributed by atoms with Crippen molar-refractivity contribution in [3.05, 3.63) is 15.6 Å². The molecule has 0 bridgehead atoms. The molecule has 1 amide bonds. The standard InChI is InChI=1S/C17H30N6OS.HI/c1-5-18-17(20-12-16-13(2)21-14(3)25-16)19-6-7-22-8-10-23(11-9-22)15(4)24;/h5-12H2,1-4H3,(H2,18,19,20);1H. The van der Waals surface area contributed by atoms with E-state index < -0.39 is 0 Å². The Labute approximate surface area is 177 Å². The summed E-state index contributed by atoms with van der Waals surface area (Å²) in [6, 6.07) is 0. The molecule has 0 aromatic carbocycles. The molecule has 26 heavy (non-hydrogen) atoms. The van der Waals surface area contributed by atoms with Gasteiger partial charge in [-0.3, -0.25) is 9.69 Å². The van der Waals surface area contributed by atoms with Crippen LogP contribution in [0.4, 0.5) is 0 Å². The van der Waals surface area contributed by atoms with Crippen LogP contribution in [-0.2, 0) is 11.3 Å². The average Bonchev–Trinajstić information content (AvgIpc) is 2.90. The highest BCUT2D eigenvalue weighted by atomic mass is 127. The molecule has 0 aliphatic carbocycles. The molecular formula is C17H31IN6OS. The topological polar surface area (TPSA) is 72.9 Å². The number of rotatable bonds is 6. The number of aliphatic imine (C=N–C) groups is 1. The van der Waals surface area contributed by atoms with Crippen molar-refractivity contribution in [2.24, 2.45) is 4.99 Å². The lowest BCUT2D eigenvalue weighted by Gasteiger charge is -2.34. The molecular weight excluding hydrogens is 463 g/mol. The molecule has 148 valence electrons. The van der Waals surface area contributed by atoms with Gasteiger partial charge in [-0.15, -0.1) is 35.3 Å². The van der Waals surface area contributed by atoms with Gasteiger partial charge in [-0.1, -0.05) is 0 Å². The van der Waals surface area contributed by atoms with E-state index in [9.17, 15) is 4.79 Å². The van der Waals surface area contributed by atoms with Crippen molar-refractivity contribution in [3.8, 4) is 0 Å². The van der Waals surface area contributed by atoms with Gasteiger partial charge in [0.1, 0.15) is 0 Å². The Morgan fingerprint density at radius 2 is 1.92 bits per heavy atom. The molecule has 0 spiro atoms. The van der Waals surface area contributed by atoms with Gasteiger partial charge in [-0.05, 0) is 20.8 Å². The number of piperazine rings is 1. The Bertz CT molecular complexity index is 598. The first-order chi connectivity index (χ1) is 12.0. The predicted octanol–water partition coefficient (Wildman–Crippen LogP) is 1.60. The lowest BCUT2D eigenvalue weighted by Crippen LogP contribution is -2.50. The van der Waals surface area contributed by atoms with Crippen molar-refractivity contribution in [1.82, 2.24) is 25.4 Å². The average molecular weight is 494 g/mol. The maximum absolute atomic E-state index is 11.4. The number of nitrogens with zero attached hydrogens (tertiary/aromatic N) is 4. The SMILES string of the molecule is CCNC(=NCc1sc(C)nc1C)NCCN1CCN(C(C)=O)CC1.I. The summed E-state index contributed by atoms with van der Waals surface area (Å²) in [4.78, 5) is 26.0. The van der Waals surface area contributed by atoms with E-state index in [1.165, 1.54) is 4.88 Å². The molecule has 0 atom stereocenters. The van der Waals surface area contributed by atoms with Crippen molar-refractivity contribution in [2.75, 3.05) is 45.8 Å². The third kappa shape index (κ3) is 7.36. The molecule has 2 rings (SSSR count). The summed E-state index contributed by atoms with van der Waals surface area (Å²) >= 11 is 1.71. The maximum atomic E-state index is 11.4. The summed E-state index contributed by atoms with van der Waals surface area (Å²) in [7, 11) is 0. The summed E-state index contributed by atoms with van der Waals surface area (Å²) in [5.74, 6) is 1.02. The Kier molecular flexibility index (Phi) is 10.4. The number of halogens is 1. The van der Waals surface area contributed by atoms with Gasteiger partial charge in [0.05, 0.1) is 17.2 Å². The Balaban J connectivity index is 0.00000338. The highest BCUT2D eigenvalue weighted by Crippen LogP contribution is 2.17. The minimum absolute atomic E-state index is 0. The van der Waals surface area contributed by atoms with Crippen molar-refractivity contribution < 1.29 is 4.79 Å². The number of carbonyl (C=O) groups excluding carboxylic acids is 1. The summed E-state index contributed by atoms with van der Waals surface area (Å²) in [5.41, 5.74) is 1.07. The molecule has 1 aliphatic rings. The van der Waals surface area contributed by atoms with E-state index in [0.29, 0.717) is 6.54 Å². The molecule has 9 heteroatoms. The van der Waals surface area contributed by atoms with Crippen LogP contribution in [0.1, 0.15) is 29.4 Å². The molecule has 1 aliphatic heterocycles. The lowest BCUT2D eigenvalue weighted by molar-refractivity contribution is -0.130. The van der Waals surface area contributed by atoms with Crippen molar-refractivity contribution in [3.63, 3.8) is 0 Å². The number of amides is 1. The first-order valence-electron chi connectivity index (χ1n) is 8.92. The molecule has 1 aromatic rings. The van der Waals surface area contributed by atoms with E-state index in [4.69, 9.17) is 0 Å². The van der Waals surface area contributed by atoms with Gasteiger partial charge in [0, 0.05) is 57.6 Å². The first-order valence-corrected chi connectivity index (χ1v) is 9.74. The second-order valence-corrected chi connectivity index (χ2v) is 7.50. The summed E-state index contributed by atoms with van der Waals surface area (Å²) in [6.07, 6.45) is 0. The zero-order valence-corrected chi connectivity index (χ0v) is 19.3. The van der Waals surface area contributed by atoms with Crippen LogP contribution in [0.3, 0.4) is 0 Å². The summed E-state index contributed by atoms with van der Waals surface area (Å²) in [6.45, 7) is 14.6. The van der Waals surface area contributed by atoms with Crippen LogP contribution < -0.4 is 10.6 Å². The van der Waals surface area contributed by atoms with Gasteiger partial charge in [0.2, 0.25) is 5.91 Å². The highest BCUT2D eigenvalue weighted by molar-refractivity contribution is 14.0. The zero-order valence-electron chi connectivity index (χ0n) is 16.2. The van der Waals surface area contributed by atoms with Crippen LogP contribution in [0.15, 0.2) is 4.99 Å². The summed E-state index contributed by atoms with van der Waals surface area (Å²) < 4.78 is 0. The molecule has 0 unspecified atom stereocenters. The predicted molar refractivity (Wildman–Crippen MR) is 119 cm³/mol. The fourth-order valence-corrected chi connectivity index (χ4v) is 3.69. The lowest BCUT2D eigenvalue weighted by atomic mass is 10.3. The highest BCUT2D eigenvalue weighted by Gasteiger charge is 2.17. The van der Waals surface area contributed by atoms with Gasteiger partial charge < -0.3 is 15.5 Å². The van der Waals surface area contributed by atoms with Crippen LogP contribution in [0.25, 0.3) is 0 Å². The van der Waals surface area contributed by atoms with Crippen LogP contribution in [0.5, 0.6) is 0 Å². The molecule has 0 radical (unpaired) electrons. The van der Waals surface area contributed by atoms with E-state index in [0.717, 1.165) is 62.5 Å². The van der Waals surface area contributed by atoms with Gasteiger partial charge in [0.25, 0.3) is 0 Å². The largest absolute Gasteiger partial charge is 0.357 e. The van der Waals surface area contributed by atoms with Gasteiger partial charge in [-0.25, -0.2) is 9.98 Å². The number of aryl methyl sites for hydroxylation is 2. The third-order valence-corrected chi connectivity index (χ3v) is 5.32. The van der Waals surface area contributed by atoms with E-state index in [1.807, 2.05) is 18.7 Å². The molecule has 7 nitrogen and oxygen atoms in total. The maximum Gasteiger partial charge on any atom is 0.219 e. The Morgan fingerprint density at radius 1 is 1.23 bits per heavy atom. The van der Waals surface area contributed by atoms with Crippen molar-refractivity contribution in [1.29, 1.82) is 0 Å². The number of nitrogens with one attached hydrogen (secondary N) is 2. The minimum atomic E-state index is 0. The van der Waals surface area contributed by atoms with E-state index in [1.54, 1.807) is 18.3 Å². The monoisotopic (exact) mass is 494 g/mol. The second-order valence-electron chi connectivity index (χ2n) is 6.21. The van der Waals surface area contributed by atoms with Crippen LogP contribution in [0.2, 0.25) is 0 Å². The molecule has 1 fully saturated rings. The Hall–Kier alpha value is -0.940. The van der Waals surface area contributed by atoms with E-state index >= 15 is 0 Å². The van der Waals surface area contributed by atoms with Crippen molar-refractivity contribution in [2.45, 2.75) is 34.2 Å². The second kappa shape index (κ2) is 11.7. The number of hydrogen-bond acceptors (Lipinski definition) is 5. The number of thiazole rings is 1. The van der Waals surface area contributed by atoms with Crippen LogP contribution in [-0.4, -0.2) is 72.5 Å². The number of carbonyl (C=O) groups is 1. The molecule has 1 saturated heterocycles. The van der Waals surface area contributed by atoms with E-state index in [2.05, 4.69) is 32.4 Å². The Morgan fingerprint density at radius 3 is 2.46 bits per heavy atom. The molecule has 1 aromatic heterocycles. The fourth-order valence-electron chi connectivity index (χ4n) is 2.83. The quantitative estimate of drug-likeness (QED) is 0.357. The molecule has 2 N–H and O–H groups in total. The number of guanidine groups is 1. The first kappa shape index (κ1) is 23.1. The minimum Gasteiger partial charge on any atom is -0.357 e. The van der Waals surface area contributed by atoms with Crippen molar-refractivity contribution >= 4 is 47.2 Å². The third-order valence-electron chi connectivity index (χ3n) is 4.26. The zero-order chi connectivity index (χ0) is 18.2. The van der Waals surface area contributed by atoms with Gasteiger partial charge in [-0.2, -0.15) is 0 Å².